The third kappa shape index (κ3) is 8.96. The van der Waals surface area contributed by atoms with E-state index in [0.29, 0.717) is 16.9 Å². The van der Waals surface area contributed by atoms with Crippen LogP contribution in [-0.4, -0.2) is 47.2 Å². The average molecular weight is 726 g/mol. The number of amides is 2. The second-order valence-electron chi connectivity index (χ2n) is 10.6. The summed E-state index contributed by atoms with van der Waals surface area (Å²) in [7, 11) is 0. The second-order valence-corrected chi connectivity index (χ2v) is 11.4. The Labute approximate surface area is 301 Å². The second kappa shape index (κ2) is 16.3. The first-order valence-electron chi connectivity index (χ1n) is 14.9. The Morgan fingerprint density at radius 3 is 1.53 bits per heavy atom. The van der Waals surface area contributed by atoms with E-state index >= 15 is 0 Å². The van der Waals surface area contributed by atoms with Gasteiger partial charge in [0, 0.05) is 0 Å². The monoisotopic (exact) mass is 724 g/mol. The fourth-order valence-corrected chi connectivity index (χ4v) is 5.28. The zero-order valence-corrected chi connectivity index (χ0v) is 27.8. The number of carboxylic acid groups (broad SMARTS) is 2. The van der Waals surface area contributed by atoms with E-state index in [0.717, 1.165) is 6.07 Å². The number of carboxylic acids is 2. The molecule has 13 heteroatoms. The van der Waals surface area contributed by atoms with E-state index in [9.17, 15) is 29.4 Å². The van der Waals surface area contributed by atoms with Gasteiger partial charge in [-0.05, 0) is 83.9 Å². The normalized spacial score (nSPS) is 10.4. The number of rotatable bonds is 13. The Balaban J connectivity index is 1.25. The number of hydrogen-bond acceptors (Lipinski definition) is 7. The fraction of sp³-hybridized carbons (Fsp3) is 0.0526. The number of aromatic carboxylic acids is 2. The number of anilines is 2. The summed E-state index contributed by atoms with van der Waals surface area (Å²) in [5.74, 6) is -3.09. The first-order valence-corrected chi connectivity index (χ1v) is 15.7. The van der Waals surface area contributed by atoms with Crippen molar-refractivity contribution in [2.24, 2.45) is 0 Å². The number of ether oxygens (including phenoxy) is 3. The molecular weight excluding hydrogens is 699 g/mol. The summed E-state index contributed by atoms with van der Waals surface area (Å²) in [4.78, 5) is 49.9. The summed E-state index contributed by atoms with van der Waals surface area (Å²) in [6, 6.07) is 26.6. The molecule has 0 aliphatic carbocycles. The maximum atomic E-state index is 13.2. The lowest BCUT2D eigenvalue weighted by atomic mass is 10.0. The molecule has 0 fully saturated rings. The number of carbonyl (C=O) groups is 4. The minimum atomic E-state index is -1.35. The molecule has 0 saturated carbocycles. The topological polar surface area (TPSA) is 160 Å². The summed E-state index contributed by atoms with van der Waals surface area (Å²) in [5, 5.41) is 24.9. The number of carbonyl (C=O) groups excluding carboxylic acids is 2. The molecule has 0 aliphatic rings. The molecule has 5 aromatic carbocycles. The van der Waals surface area contributed by atoms with Crippen LogP contribution in [0.25, 0.3) is 11.1 Å². The van der Waals surface area contributed by atoms with Crippen molar-refractivity contribution >= 4 is 58.3 Å². The van der Waals surface area contributed by atoms with Crippen LogP contribution in [0.2, 0.25) is 10.0 Å². The molecule has 0 unspecified atom stereocenters. The maximum Gasteiger partial charge on any atom is 0.336 e. The first-order chi connectivity index (χ1) is 24.5. The first kappa shape index (κ1) is 35.8. The standard InChI is InChI=1S/C38H26Cl2N2O9/c1-2-49-25-10-12-27(29(20-25)37(45)46)35(43)41-33-14-8-22(18-31(33)39)23-9-15-34(32(40)19-23)42-36(44)28-13-11-26(21-30(28)38(47)48)51-17-16-50-24-6-4-3-5-7-24/h1,3-15,18-21H,16-17H2,(H,41,43)(H,42,44)(H,45,46)(H,47,48). The molecule has 0 aliphatic heterocycles. The molecule has 5 aromatic rings. The van der Waals surface area contributed by atoms with Gasteiger partial charge in [-0.1, -0.05) is 60.0 Å². The highest BCUT2D eigenvalue weighted by Gasteiger charge is 2.21. The molecule has 2 amide bonds. The third-order valence-corrected chi connectivity index (χ3v) is 7.87. The van der Waals surface area contributed by atoms with Crippen LogP contribution >= 0.6 is 23.2 Å². The van der Waals surface area contributed by atoms with Crippen molar-refractivity contribution in [3.05, 3.63) is 135 Å². The van der Waals surface area contributed by atoms with E-state index in [1.807, 2.05) is 24.3 Å². The Bertz CT molecular complexity index is 2180. The minimum absolute atomic E-state index is 0.0873. The number of terminal acetylenes is 1. The van der Waals surface area contributed by atoms with Gasteiger partial charge in [-0.25, -0.2) is 9.59 Å². The molecule has 0 aromatic heterocycles. The van der Waals surface area contributed by atoms with Gasteiger partial charge in [0.25, 0.3) is 11.8 Å². The molecule has 0 spiro atoms. The Kier molecular flexibility index (Phi) is 11.4. The van der Waals surface area contributed by atoms with Crippen molar-refractivity contribution in [1.29, 1.82) is 0 Å². The zero-order chi connectivity index (χ0) is 36.5. The van der Waals surface area contributed by atoms with Gasteiger partial charge in [0.1, 0.15) is 36.6 Å². The number of para-hydroxylation sites is 1. The summed E-state index contributed by atoms with van der Waals surface area (Å²) >= 11 is 13.0. The summed E-state index contributed by atoms with van der Waals surface area (Å²) in [6.07, 6.45) is 7.04. The molecule has 5 rings (SSSR count). The highest BCUT2D eigenvalue weighted by molar-refractivity contribution is 6.35. The Hall–Kier alpha value is -6.48. The molecule has 51 heavy (non-hydrogen) atoms. The summed E-state index contributed by atoms with van der Waals surface area (Å²) < 4.78 is 16.1. The van der Waals surface area contributed by atoms with Crippen molar-refractivity contribution in [3.8, 4) is 40.9 Å². The van der Waals surface area contributed by atoms with Gasteiger partial charge in [-0.15, -0.1) is 0 Å². The van der Waals surface area contributed by atoms with Gasteiger partial charge < -0.3 is 35.1 Å². The third-order valence-electron chi connectivity index (χ3n) is 7.24. The lowest BCUT2D eigenvalue weighted by molar-refractivity contribution is 0.0683. The van der Waals surface area contributed by atoms with Crippen molar-refractivity contribution in [2.45, 2.75) is 0 Å². The molecule has 11 nitrogen and oxygen atoms in total. The van der Waals surface area contributed by atoms with E-state index in [1.54, 1.807) is 42.5 Å². The lowest BCUT2D eigenvalue weighted by Gasteiger charge is -2.13. The molecular formula is C38H26Cl2N2O9. The average Bonchev–Trinajstić information content (AvgIpc) is 3.12. The van der Waals surface area contributed by atoms with Crippen LogP contribution in [0.4, 0.5) is 11.4 Å². The largest absolute Gasteiger partial charge is 0.490 e. The number of halogens is 2. The van der Waals surface area contributed by atoms with Crippen LogP contribution in [0.15, 0.2) is 103 Å². The Morgan fingerprint density at radius 2 is 1.06 bits per heavy atom. The van der Waals surface area contributed by atoms with Gasteiger partial charge in [0.05, 0.1) is 43.7 Å². The van der Waals surface area contributed by atoms with Crippen LogP contribution in [0.3, 0.4) is 0 Å². The summed E-state index contributed by atoms with van der Waals surface area (Å²) in [5.41, 5.74) is 0.832. The molecule has 0 atom stereocenters. The predicted octanol–water partition coefficient (Wildman–Crippen LogP) is 7.99. The van der Waals surface area contributed by atoms with Crippen LogP contribution in [0.1, 0.15) is 41.4 Å². The SMILES string of the molecule is C#COc1ccc(C(=O)Nc2ccc(-c3ccc(NC(=O)c4ccc(OCCOc5ccccc5)cc4C(=O)O)c(Cl)c3)cc2Cl)c(C(=O)O)c1. The molecule has 4 N–H and O–H groups in total. The van der Waals surface area contributed by atoms with Gasteiger partial charge in [-0.2, -0.15) is 0 Å². The predicted molar refractivity (Wildman–Crippen MR) is 191 cm³/mol. The van der Waals surface area contributed by atoms with Crippen LogP contribution in [0, 0.1) is 12.5 Å². The van der Waals surface area contributed by atoms with Gasteiger partial charge in [0.15, 0.2) is 0 Å². The van der Waals surface area contributed by atoms with Gasteiger partial charge in [-0.3, -0.25) is 9.59 Å². The highest BCUT2D eigenvalue weighted by atomic mass is 35.5. The number of benzene rings is 5. The van der Waals surface area contributed by atoms with E-state index in [4.69, 9.17) is 43.8 Å². The van der Waals surface area contributed by atoms with Gasteiger partial charge >= 0.3 is 11.9 Å². The van der Waals surface area contributed by atoms with Crippen LogP contribution in [0.5, 0.6) is 17.2 Å². The molecule has 0 bridgehead atoms. The van der Waals surface area contributed by atoms with E-state index < -0.39 is 23.8 Å². The van der Waals surface area contributed by atoms with E-state index in [1.165, 1.54) is 36.4 Å². The zero-order valence-electron chi connectivity index (χ0n) is 26.3. The Morgan fingerprint density at radius 1 is 0.588 bits per heavy atom. The summed E-state index contributed by atoms with van der Waals surface area (Å²) in [6.45, 7) is 0.377. The molecule has 0 saturated heterocycles. The number of nitrogens with one attached hydrogen (secondary N) is 2. The maximum absolute atomic E-state index is 13.2. The quantitative estimate of drug-likeness (QED) is 0.0697. The smallest absolute Gasteiger partial charge is 0.336 e. The van der Waals surface area contributed by atoms with E-state index in [-0.39, 0.29) is 68.4 Å². The number of hydrogen-bond donors (Lipinski definition) is 4. The molecule has 0 radical (unpaired) electrons. The van der Waals surface area contributed by atoms with E-state index in [2.05, 4.69) is 10.6 Å². The van der Waals surface area contributed by atoms with Crippen LogP contribution in [-0.2, 0) is 0 Å². The van der Waals surface area contributed by atoms with Crippen molar-refractivity contribution in [3.63, 3.8) is 0 Å². The van der Waals surface area contributed by atoms with Gasteiger partial charge in [0.2, 0.25) is 0 Å². The highest BCUT2D eigenvalue weighted by Crippen LogP contribution is 2.34. The van der Waals surface area contributed by atoms with Crippen molar-refractivity contribution in [1.82, 2.24) is 0 Å². The molecule has 0 heterocycles. The molecule has 256 valence electrons. The lowest BCUT2D eigenvalue weighted by Crippen LogP contribution is -2.17. The van der Waals surface area contributed by atoms with Crippen molar-refractivity contribution in [2.75, 3.05) is 23.8 Å². The minimum Gasteiger partial charge on any atom is -0.490 e. The fourth-order valence-electron chi connectivity index (χ4n) is 4.83. The van der Waals surface area contributed by atoms with Crippen molar-refractivity contribution < 1.29 is 43.6 Å². The van der Waals surface area contributed by atoms with Crippen LogP contribution < -0.4 is 24.8 Å².